The van der Waals surface area contributed by atoms with Gasteiger partial charge >= 0.3 is 0 Å². The summed E-state index contributed by atoms with van der Waals surface area (Å²) in [4.78, 5) is 30.0. The molecular weight excluding hydrogens is 524 g/mol. The minimum absolute atomic E-state index is 0.583. The second-order valence-corrected chi connectivity index (χ2v) is 10.7. The highest BCUT2D eigenvalue weighted by atomic mass is 32.1. The molecule has 4 aromatic heterocycles. The lowest BCUT2D eigenvalue weighted by Gasteiger charge is -2.09. The van der Waals surface area contributed by atoms with E-state index < -0.39 is 0 Å². The third kappa shape index (κ3) is 4.29. The Morgan fingerprint density at radius 2 is 1.12 bits per heavy atom. The van der Waals surface area contributed by atoms with Crippen LogP contribution in [-0.4, -0.2) is 29.9 Å². The largest absolute Gasteiger partial charge is 0.235 e. The van der Waals surface area contributed by atoms with Crippen molar-refractivity contribution in [3.05, 3.63) is 121 Å². The maximum absolute atomic E-state index is 4.92. The van der Waals surface area contributed by atoms with Crippen LogP contribution in [0, 0.1) is 0 Å². The Hall–Kier alpha value is -5.40. The molecule has 0 unspecified atom stereocenters. The Bertz CT molecular complexity index is 2150. The van der Waals surface area contributed by atoms with Crippen LogP contribution >= 0.6 is 11.3 Å². The van der Waals surface area contributed by atoms with E-state index in [1.807, 2.05) is 91.1 Å². The molecule has 0 aliphatic rings. The number of nitrogens with zero attached hydrogens (tertiary/aromatic N) is 6. The van der Waals surface area contributed by atoms with Crippen molar-refractivity contribution in [3.8, 4) is 45.7 Å². The fourth-order valence-corrected chi connectivity index (χ4v) is 6.03. The normalized spacial score (nSPS) is 11.4. The van der Waals surface area contributed by atoms with Crippen LogP contribution in [0.4, 0.5) is 0 Å². The van der Waals surface area contributed by atoms with E-state index in [0.717, 1.165) is 43.5 Å². The third-order valence-electron chi connectivity index (χ3n) is 7.01. The average Bonchev–Trinajstić information content (AvgIpc) is 3.43. The molecule has 0 bridgehead atoms. The zero-order valence-corrected chi connectivity index (χ0v) is 22.5. The molecule has 0 atom stereocenters. The van der Waals surface area contributed by atoms with Crippen LogP contribution in [0.15, 0.2) is 121 Å². The van der Waals surface area contributed by atoms with Gasteiger partial charge in [0.1, 0.15) is 10.5 Å². The molecule has 4 aromatic carbocycles. The molecular formula is C34H20N6S. The number of rotatable bonds is 4. The van der Waals surface area contributed by atoms with Crippen molar-refractivity contribution in [2.24, 2.45) is 0 Å². The standard InChI is InChI=1S/C34H20N6S/c1-3-9-21(10-4-1)30-38-31(22-11-5-2-6-12-22)40-32(39-30)23-15-16-24-20-35-33(36-28(24)19-23)27-18-17-26-25-13-7-8-14-29(25)41-34(26)37-27/h1-20H. The van der Waals surface area contributed by atoms with Crippen molar-refractivity contribution in [1.29, 1.82) is 0 Å². The van der Waals surface area contributed by atoms with Crippen molar-refractivity contribution in [2.75, 3.05) is 0 Å². The fraction of sp³-hybridized carbons (Fsp3) is 0. The smallest absolute Gasteiger partial charge is 0.178 e. The molecule has 0 aliphatic carbocycles. The molecule has 8 rings (SSSR count). The lowest BCUT2D eigenvalue weighted by Crippen LogP contribution is -2.00. The highest BCUT2D eigenvalue weighted by Crippen LogP contribution is 2.34. The first-order valence-electron chi connectivity index (χ1n) is 13.2. The van der Waals surface area contributed by atoms with E-state index >= 15 is 0 Å². The van der Waals surface area contributed by atoms with Crippen molar-refractivity contribution in [3.63, 3.8) is 0 Å². The van der Waals surface area contributed by atoms with Crippen LogP contribution < -0.4 is 0 Å². The SMILES string of the molecule is c1ccc(-c2nc(-c3ccccc3)nc(-c3ccc4cnc(-c5ccc6c(n5)sc5ccccc56)nc4c3)n2)cc1. The van der Waals surface area contributed by atoms with E-state index in [1.54, 1.807) is 11.3 Å². The summed E-state index contributed by atoms with van der Waals surface area (Å²) < 4.78 is 1.22. The lowest BCUT2D eigenvalue weighted by atomic mass is 10.1. The van der Waals surface area contributed by atoms with Crippen LogP contribution in [0.5, 0.6) is 0 Å². The highest BCUT2D eigenvalue weighted by molar-refractivity contribution is 7.25. The Balaban J connectivity index is 1.24. The second kappa shape index (κ2) is 9.66. The summed E-state index contributed by atoms with van der Waals surface area (Å²) in [6, 6.07) is 38.5. The highest BCUT2D eigenvalue weighted by Gasteiger charge is 2.14. The average molecular weight is 545 g/mol. The number of benzene rings is 4. The number of hydrogen-bond acceptors (Lipinski definition) is 7. The molecule has 0 saturated carbocycles. The first-order chi connectivity index (χ1) is 20.3. The van der Waals surface area contributed by atoms with Gasteiger partial charge in [-0.25, -0.2) is 29.9 Å². The van der Waals surface area contributed by atoms with Gasteiger partial charge in [-0.15, -0.1) is 11.3 Å². The second-order valence-electron chi connectivity index (χ2n) is 9.65. The van der Waals surface area contributed by atoms with E-state index in [9.17, 15) is 0 Å². The van der Waals surface area contributed by atoms with Crippen molar-refractivity contribution >= 4 is 42.5 Å². The molecule has 0 amide bonds. The number of thiophene rings is 1. The van der Waals surface area contributed by atoms with Gasteiger partial charge in [0.2, 0.25) is 0 Å². The molecule has 0 fully saturated rings. The zero-order valence-electron chi connectivity index (χ0n) is 21.6. The van der Waals surface area contributed by atoms with Gasteiger partial charge in [0.25, 0.3) is 0 Å². The van der Waals surface area contributed by atoms with E-state index in [2.05, 4.69) is 35.3 Å². The molecule has 192 valence electrons. The number of aromatic nitrogens is 6. The topological polar surface area (TPSA) is 77.3 Å². The molecule has 4 heterocycles. The maximum Gasteiger partial charge on any atom is 0.178 e. The Morgan fingerprint density at radius 3 is 1.85 bits per heavy atom. The molecule has 0 saturated heterocycles. The van der Waals surface area contributed by atoms with Crippen LogP contribution in [0.3, 0.4) is 0 Å². The van der Waals surface area contributed by atoms with Crippen LogP contribution in [0.25, 0.3) is 76.9 Å². The van der Waals surface area contributed by atoms with Gasteiger partial charge in [0.15, 0.2) is 23.3 Å². The molecule has 0 N–H and O–H groups in total. The summed E-state index contributed by atoms with van der Waals surface area (Å²) in [6.45, 7) is 0. The lowest BCUT2D eigenvalue weighted by molar-refractivity contribution is 1.07. The van der Waals surface area contributed by atoms with Gasteiger partial charge in [-0.2, -0.15) is 0 Å². The minimum Gasteiger partial charge on any atom is -0.235 e. The molecule has 41 heavy (non-hydrogen) atoms. The van der Waals surface area contributed by atoms with E-state index in [0.29, 0.717) is 23.3 Å². The Kier molecular flexibility index (Phi) is 5.53. The molecule has 0 aliphatic heterocycles. The number of fused-ring (bicyclic) bond motifs is 4. The number of pyridine rings is 1. The van der Waals surface area contributed by atoms with Crippen molar-refractivity contribution in [2.45, 2.75) is 0 Å². The van der Waals surface area contributed by atoms with E-state index in [1.165, 1.54) is 10.1 Å². The first-order valence-corrected chi connectivity index (χ1v) is 14.0. The summed E-state index contributed by atoms with van der Waals surface area (Å²) in [5.41, 5.74) is 4.26. The summed E-state index contributed by atoms with van der Waals surface area (Å²) in [7, 11) is 0. The fourth-order valence-electron chi connectivity index (χ4n) is 4.95. The molecule has 0 radical (unpaired) electrons. The van der Waals surface area contributed by atoms with Gasteiger partial charge in [0.05, 0.1) is 5.52 Å². The van der Waals surface area contributed by atoms with E-state index in [-0.39, 0.29) is 0 Å². The van der Waals surface area contributed by atoms with Crippen LogP contribution in [0.1, 0.15) is 0 Å². The summed E-state index contributed by atoms with van der Waals surface area (Å²) in [5.74, 6) is 2.42. The van der Waals surface area contributed by atoms with Gasteiger partial charge in [-0.05, 0) is 24.3 Å². The maximum atomic E-state index is 4.92. The molecule has 8 aromatic rings. The van der Waals surface area contributed by atoms with Gasteiger partial charge in [-0.3, -0.25) is 0 Å². The minimum atomic E-state index is 0.583. The molecule has 7 heteroatoms. The molecule has 0 spiro atoms. The van der Waals surface area contributed by atoms with E-state index in [4.69, 9.17) is 24.9 Å². The van der Waals surface area contributed by atoms with Crippen LogP contribution in [-0.2, 0) is 0 Å². The third-order valence-corrected chi connectivity index (χ3v) is 8.09. The summed E-state index contributed by atoms with van der Waals surface area (Å²) >= 11 is 1.68. The van der Waals surface area contributed by atoms with Crippen LogP contribution in [0.2, 0.25) is 0 Å². The Labute approximate surface area is 239 Å². The predicted molar refractivity (Wildman–Crippen MR) is 165 cm³/mol. The monoisotopic (exact) mass is 544 g/mol. The van der Waals surface area contributed by atoms with Crippen molar-refractivity contribution < 1.29 is 0 Å². The number of hydrogen-bond donors (Lipinski definition) is 0. The van der Waals surface area contributed by atoms with Gasteiger partial charge < -0.3 is 0 Å². The zero-order chi connectivity index (χ0) is 27.2. The van der Waals surface area contributed by atoms with Crippen molar-refractivity contribution in [1.82, 2.24) is 29.9 Å². The summed E-state index contributed by atoms with van der Waals surface area (Å²) in [6.07, 6.45) is 1.84. The summed E-state index contributed by atoms with van der Waals surface area (Å²) in [5, 5.41) is 3.30. The van der Waals surface area contributed by atoms with Gasteiger partial charge in [-0.1, -0.05) is 91.0 Å². The molecule has 6 nitrogen and oxygen atoms in total. The Morgan fingerprint density at radius 1 is 0.463 bits per heavy atom. The first kappa shape index (κ1) is 23.5. The quantitative estimate of drug-likeness (QED) is 0.222. The predicted octanol–water partition coefficient (Wildman–Crippen LogP) is 8.25. The van der Waals surface area contributed by atoms with Gasteiger partial charge in [0, 0.05) is 43.7 Å².